The van der Waals surface area contributed by atoms with Crippen LogP contribution >= 0.6 is 0 Å². The Kier molecular flexibility index (Phi) is 4.72. The quantitative estimate of drug-likeness (QED) is 0.370. The summed E-state index contributed by atoms with van der Waals surface area (Å²) in [5.74, 6) is -0.328. The van der Waals surface area contributed by atoms with E-state index in [0.29, 0.717) is 22.0 Å². The van der Waals surface area contributed by atoms with Gasteiger partial charge in [-0.2, -0.15) is 19.6 Å². The number of aromatic hydroxyl groups is 1. The minimum Gasteiger partial charge on any atom is -0.493 e. The molecule has 1 fully saturated rings. The zero-order valence-electron chi connectivity index (χ0n) is 17.4. The maximum Gasteiger partial charge on any atom is 0.326 e. The van der Waals surface area contributed by atoms with Crippen molar-refractivity contribution in [3.8, 4) is 5.88 Å². The van der Waals surface area contributed by atoms with Gasteiger partial charge in [-0.15, -0.1) is 0 Å². The Labute approximate surface area is 180 Å². The molecule has 3 aromatic heterocycles. The molecule has 1 aromatic carbocycles. The second-order valence-corrected chi connectivity index (χ2v) is 7.92. The smallest absolute Gasteiger partial charge is 0.326 e. The third kappa shape index (κ3) is 3.84. The molecule has 4 aromatic rings. The first kappa shape index (κ1) is 19.9. The van der Waals surface area contributed by atoms with Gasteiger partial charge in [0.2, 0.25) is 11.8 Å². The first-order valence-electron chi connectivity index (χ1n) is 10.2. The van der Waals surface area contributed by atoms with Crippen molar-refractivity contribution < 1.29 is 9.50 Å². The number of rotatable bonds is 5. The van der Waals surface area contributed by atoms with E-state index in [2.05, 4.69) is 35.3 Å². The van der Waals surface area contributed by atoms with Crippen molar-refractivity contribution in [2.24, 2.45) is 4.99 Å². The molecule has 0 saturated heterocycles. The molecule has 0 amide bonds. The lowest BCUT2D eigenvalue weighted by Crippen LogP contribution is -2.25. The number of anilines is 1. The average molecular weight is 436 g/mol. The number of nitrogens with zero attached hydrogens (tertiary/aromatic N) is 5. The Bertz CT molecular complexity index is 1500. The second-order valence-electron chi connectivity index (χ2n) is 7.92. The van der Waals surface area contributed by atoms with Crippen molar-refractivity contribution in [2.75, 3.05) is 5.32 Å². The van der Waals surface area contributed by atoms with Gasteiger partial charge in [-0.3, -0.25) is 4.98 Å². The number of fused-ring (bicyclic) bond motifs is 1. The molecule has 0 bridgehead atoms. The molecule has 1 atom stereocenters. The molecule has 1 aliphatic rings. The van der Waals surface area contributed by atoms with Gasteiger partial charge in [-0.05, 0) is 38.8 Å². The minimum atomic E-state index is -0.527. The molecule has 11 heteroatoms. The van der Waals surface area contributed by atoms with Crippen LogP contribution in [0, 0.1) is 12.7 Å². The maximum atomic E-state index is 14.4. The molecule has 4 N–H and O–H groups in total. The van der Waals surface area contributed by atoms with Crippen molar-refractivity contribution in [3.63, 3.8) is 0 Å². The van der Waals surface area contributed by atoms with Gasteiger partial charge in [0.05, 0.1) is 18.3 Å². The van der Waals surface area contributed by atoms with E-state index in [-0.39, 0.29) is 29.4 Å². The molecular formula is C21H21FN8O2. The number of aryl methyl sites for hydroxylation is 1. The predicted octanol–water partition coefficient (Wildman–Crippen LogP) is 1.08. The van der Waals surface area contributed by atoms with Crippen LogP contribution in [0.4, 0.5) is 10.3 Å². The van der Waals surface area contributed by atoms with Gasteiger partial charge in [0.1, 0.15) is 11.5 Å². The Balaban J connectivity index is 1.62. The van der Waals surface area contributed by atoms with Crippen LogP contribution in [-0.2, 0) is 0 Å². The number of nitrogens with one attached hydrogen (secondary N) is 3. The molecule has 10 nitrogen and oxygen atoms in total. The summed E-state index contributed by atoms with van der Waals surface area (Å²) in [5.41, 5.74) is 1.94. The summed E-state index contributed by atoms with van der Waals surface area (Å²) >= 11 is 0. The van der Waals surface area contributed by atoms with Crippen molar-refractivity contribution in [1.82, 2.24) is 29.5 Å². The van der Waals surface area contributed by atoms with Crippen LogP contribution in [0.3, 0.4) is 0 Å². The maximum absolute atomic E-state index is 14.4. The summed E-state index contributed by atoms with van der Waals surface area (Å²) in [6.07, 6.45) is 5.07. The van der Waals surface area contributed by atoms with Crippen LogP contribution in [0.25, 0.3) is 11.7 Å². The number of hydrogen-bond donors (Lipinski definition) is 4. The fourth-order valence-electron chi connectivity index (χ4n) is 3.41. The summed E-state index contributed by atoms with van der Waals surface area (Å²) in [4.78, 5) is 29.9. The highest BCUT2D eigenvalue weighted by molar-refractivity contribution is 5.57. The number of imidazole rings is 1. The summed E-state index contributed by atoms with van der Waals surface area (Å²) in [6.45, 7) is 3.73. The number of halogens is 1. The fraction of sp³-hybridized carbons (Fsp3) is 0.286. The van der Waals surface area contributed by atoms with E-state index in [4.69, 9.17) is 0 Å². The third-order valence-corrected chi connectivity index (χ3v) is 5.22. The molecule has 0 spiro atoms. The van der Waals surface area contributed by atoms with Gasteiger partial charge in [0.15, 0.2) is 5.65 Å². The summed E-state index contributed by atoms with van der Waals surface area (Å²) in [5, 5.41) is 17.9. The van der Waals surface area contributed by atoms with Crippen molar-refractivity contribution in [3.05, 3.63) is 68.4 Å². The molecule has 1 saturated carbocycles. The third-order valence-electron chi connectivity index (χ3n) is 5.22. The lowest BCUT2D eigenvalue weighted by atomic mass is 10.1. The Morgan fingerprint density at radius 3 is 2.88 bits per heavy atom. The van der Waals surface area contributed by atoms with Crippen LogP contribution in [0.15, 0.2) is 34.2 Å². The van der Waals surface area contributed by atoms with Crippen LogP contribution in [0.1, 0.15) is 42.6 Å². The Morgan fingerprint density at radius 1 is 1.34 bits per heavy atom. The largest absolute Gasteiger partial charge is 0.493 e. The number of aromatic nitrogens is 6. The van der Waals surface area contributed by atoms with Gasteiger partial charge in [-0.25, -0.2) is 14.2 Å². The minimum absolute atomic E-state index is 0.189. The fourth-order valence-corrected chi connectivity index (χ4v) is 3.41. The predicted molar refractivity (Wildman–Crippen MR) is 114 cm³/mol. The normalized spacial score (nSPS) is 16.1. The lowest BCUT2D eigenvalue weighted by Gasteiger charge is -2.15. The molecule has 0 unspecified atom stereocenters. The Morgan fingerprint density at radius 2 is 2.16 bits per heavy atom. The van der Waals surface area contributed by atoms with Crippen LogP contribution < -0.4 is 21.8 Å². The molecule has 164 valence electrons. The number of benzene rings is 1. The first-order valence-corrected chi connectivity index (χ1v) is 10.2. The van der Waals surface area contributed by atoms with Crippen molar-refractivity contribution in [2.45, 2.75) is 38.8 Å². The monoisotopic (exact) mass is 436 g/mol. The van der Waals surface area contributed by atoms with E-state index in [1.54, 1.807) is 24.4 Å². The van der Waals surface area contributed by atoms with E-state index in [0.717, 1.165) is 18.4 Å². The van der Waals surface area contributed by atoms with Crippen molar-refractivity contribution in [1.29, 1.82) is 0 Å². The summed E-state index contributed by atoms with van der Waals surface area (Å²) in [7, 11) is 0. The van der Waals surface area contributed by atoms with E-state index in [1.165, 1.54) is 10.6 Å². The summed E-state index contributed by atoms with van der Waals surface area (Å²) in [6, 6.07) is 4.73. The van der Waals surface area contributed by atoms with Gasteiger partial charge in [0, 0.05) is 10.8 Å². The highest BCUT2D eigenvalue weighted by Crippen LogP contribution is 2.23. The second kappa shape index (κ2) is 7.59. The first-order chi connectivity index (χ1) is 15.4. The molecule has 5 rings (SSSR count). The molecule has 32 heavy (non-hydrogen) atoms. The van der Waals surface area contributed by atoms with Gasteiger partial charge in [0.25, 0.3) is 5.62 Å². The molecule has 0 radical (unpaired) electrons. The lowest BCUT2D eigenvalue weighted by molar-refractivity contribution is 0.454. The van der Waals surface area contributed by atoms with Crippen LogP contribution in [-0.4, -0.2) is 40.7 Å². The highest BCUT2D eigenvalue weighted by atomic mass is 19.1. The topological polar surface area (TPSA) is 136 Å². The van der Waals surface area contributed by atoms with Crippen LogP contribution in [0.5, 0.6) is 5.88 Å². The molecular weight excluding hydrogens is 415 g/mol. The number of H-pyrrole nitrogens is 2. The standard InChI is InChI=1S/C21H21FN8O2/c1-10-3-6-15(22)14(7-10)11(2)24-19-27-17-12(8-16-18(31)28-21(32)26-16)9-23-30(17)20(29-19)25-13-4-5-13/h3,6-9,11,13,31H,4-5H2,1-2H3,(H,24,25,29)(H2,26,28,32)/b12-8+/t11-/m1/s1. The molecule has 3 heterocycles. The van der Waals surface area contributed by atoms with Gasteiger partial charge < -0.3 is 15.4 Å². The highest BCUT2D eigenvalue weighted by Gasteiger charge is 2.21. The molecule has 1 aliphatic carbocycles. The zero-order chi connectivity index (χ0) is 22.4. The zero-order valence-corrected chi connectivity index (χ0v) is 17.4. The van der Waals surface area contributed by atoms with Crippen LogP contribution in [0.2, 0.25) is 0 Å². The van der Waals surface area contributed by atoms with Gasteiger partial charge >= 0.3 is 5.69 Å². The van der Waals surface area contributed by atoms with Gasteiger partial charge in [-0.1, -0.05) is 17.7 Å². The summed E-state index contributed by atoms with van der Waals surface area (Å²) < 4.78 is 15.9. The van der Waals surface area contributed by atoms with E-state index in [9.17, 15) is 14.3 Å². The number of hydrogen-bond acceptors (Lipinski definition) is 7. The van der Waals surface area contributed by atoms with E-state index >= 15 is 0 Å². The Hall–Kier alpha value is -4.02. The molecule has 0 aliphatic heterocycles. The van der Waals surface area contributed by atoms with E-state index < -0.39 is 11.7 Å². The number of aromatic amines is 2. The average Bonchev–Trinajstić information content (AvgIpc) is 3.38. The van der Waals surface area contributed by atoms with Crippen molar-refractivity contribution >= 4 is 17.7 Å². The SMILES string of the molecule is Cc1ccc(F)c([C@@H](C)Nc2nc(=NC3CC3)n3nc/c(=C\c4[nH]c(=O)[nH]c4O)c3n2)c1. The van der Waals surface area contributed by atoms with E-state index in [1.807, 2.05) is 13.8 Å².